The Balaban J connectivity index is 1.95. The van der Waals surface area contributed by atoms with E-state index in [1.54, 1.807) is 6.92 Å². The molecular formula is C20H18N2O3. The predicted octanol–water partition coefficient (Wildman–Crippen LogP) is 4.15. The number of carbonyl (C=O) groups is 2. The summed E-state index contributed by atoms with van der Waals surface area (Å²) in [6.45, 7) is 4.81. The minimum Gasteiger partial charge on any atom is -0.404 e. The highest BCUT2D eigenvalue weighted by atomic mass is 16.6. The maximum atomic E-state index is 12.2. The van der Waals surface area contributed by atoms with Gasteiger partial charge in [0.05, 0.1) is 0 Å². The number of allylic oxidation sites excluding steroid dienone is 1. The lowest BCUT2D eigenvalue weighted by Gasteiger charge is -2.06. The summed E-state index contributed by atoms with van der Waals surface area (Å²) in [6.07, 6.45) is -0.636. The summed E-state index contributed by atoms with van der Waals surface area (Å²) in [7, 11) is 1.42. The molecule has 126 valence electrons. The molecule has 1 aliphatic heterocycles. The number of hydrogen-bond donors (Lipinski definition) is 0. The van der Waals surface area contributed by atoms with Crippen molar-refractivity contribution in [3.8, 4) is 0 Å². The summed E-state index contributed by atoms with van der Waals surface area (Å²) in [5.41, 5.74) is 3.87. The Morgan fingerprint density at radius 1 is 1.04 bits per heavy atom. The molecule has 5 nitrogen and oxygen atoms in total. The first-order valence-corrected chi connectivity index (χ1v) is 8.25. The van der Waals surface area contributed by atoms with E-state index < -0.39 is 12.0 Å². The molecule has 3 aromatic rings. The number of amides is 2. The molecule has 0 saturated carbocycles. The molecule has 0 aliphatic carbocycles. The first-order chi connectivity index (χ1) is 12.0. The van der Waals surface area contributed by atoms with Gasteiger partial charge >= 0.3 is 6.09 Å². The molecule has 5 heteroatoms. The number of rotatable bonds is 2. The largest absolute Gasteiger partial charge is 0.422 e. The van der Waals surface area contributed by atoms with E-state index in [2.05, 4.69) is 35.8 Å². The number of hydrogen-bond acceptors (Lipinski definition) is 3. The van der Waals surface area contributed by atoms with Crippen molar-refractivity contribution in [3.63, 3.8) is 0 Å². The molecule has 4 rings (SSSR count). The summed E-state index contributed by atoms with van der Waals surface area (Å²) < 4.78 is 7.41. The molecule has 1 aliphatic rings. The quantitative estimate of drug-likeness (QED) is 0.661. The van der Waals surface area contributed by atoms with Crippen molar-refractivity contribution < 1.29 is 14.3 Å². The fourth-order valence-corrected chi connectivity index (χ4v) is 3.43. The van der Waals surface area contributed by atoms with Crippen LogP contribution in [0.1, 0.15) is 19.4 Å². The number of para-hydroxylation sites is 1. The molecule has 0 atom stereocenters. The van der Waals surface area contributed by atoms with Crippen LogP contribution in [0.4, 0.5) is 4.79 Å². The fraction of sp³-hybridized carbons (Fsp3) is 0.200. The maximum absolute atomic E-state index is 12.2. The van der Waals surface area contributed by atoms with Crippen molar-refractivity contribution in [1.82, 2.24) is 9.47 Å². The Morgan fingerprint density at radius 3 is 2.44 bits per heavy atom. The van der Waals surface area contributed by atoms with Gasteiger partial charge in [-0.15, -0.1) is 0 Å². The zero-order valence-corrected chi connectivity index (χ0v) is 14.4. The molecular weight excluding hydrogens is 316 g/mol. The fourth-order valence-electron chi connectivity index (χ4n) is 3.43. The van der Waals surface area contributed by atoms with Gasteiger partial charge in [0.1, 0.15) is 0 Å². The zero-order valence-electron chi connectivity index (χ0n) is 14.4. The molecule has 0 N–H and O–H groups in total. The van der Waals surface area contributed by atoms with E-state index in [9.17, 15) is 9.59 Å². The molecule has 0 bridgehead atoms. The van der Waals surface area contributed by atoms with Crippen molar-refractivity contribution in [2.75, 3.05) is 7.05 Å². The second-order valence-electron chi connectivity index (χ2n) is 6.18. The highest BCUT2D eigenvalue weighted by molar-refractivity contribution is 6.12. The van der Waals surface area contributed by atoms with Gasteiger partial charge in [-0.25, -0.2) is 9.69 Å². The van der Waals surface area contributed by atoms with E-state index in [0.29, 0.717) is 5.57 Å². The van der Waals surface area contributed by atoms with Gasteiger partial charge in [0.15, 0.2) is 0 Å². The molecule has 1 fully saturated rings. The standard InChI is InChI=1S/C20H18N2O3/c1-4-22-16-8-6-5-7-14(16)15-11-13(9-10-17(15)22)12(2)18-19(23)21(3)20(24)25-18/h5-11H,4H2,1-3H3/b18-12+. The predicted molar refractivity (Wildman–Crippen MR) is 97.0 cm³/mol. The van der Waals surface area contributed by atoms with Crippen LogP contribution in [0.15, 0.2) is 48.2 Å². The number of ether oxygens (including phenoxy) is 1. The Hall–Kier alpha value is -3.08. The maximum Gasteiger partial charge on any atom is 0.422 e. The molecule has 0 unspecified atom stereocenters. The van der Waals surface area contributed by atoms with E-state index >= 15 is 0 Å². The Labute approximate surface area is 145 Å². The minimum absolute atomic E-state index is 0.103. The third-order valence-corrected chi connectivity index (χ3v) is 4.82. The molecule has 0 radical (unpaired) electrons. The lowest BCUT2D eigenvalue weighted by atomic mass is 10.0. The number of likely N-dealkylation sites (N-methyl/N-ethyl adjacent to an activating group) is 1. The smallest absolute Gasteiger partial charge is 0.404 e. The molecule has 1 saturated heterocycles. The van der Waals surface area contributed by atoms with Gasteiger partial charge in [-0.3, -0.25) is 4.79 Å². The molecule has 25 heavy (non-hydrogen) atoms. The average molecular weight is 334 g/mol. The number of cyclic esters (lactones) is 1. The first kappa shape index (κ1) is 15.4. The van der Waals surface area contributed by atoms with Crippen molar-refractivity contribution in [2.24, 2.45) is 0 Å². The SMILES string of the molecule is CCn1c2ccccc2c2cc(/C(C)=C3/OC(=O)N(C)C3=O)ccc21. The van der Waals surface area contributed by atoms with Gasteiger partial charge in [0.25, 0.3) is 5.91 Å². The highest BCUT2D eigenvalue weighted by Crippen LogP contribution is 2.33. The second kappa shape index (κ2) is 5.48. The van der Waals surface area contributed by atoms with E-state index in [1.807, 2.05) is 18.2 Å². The summed E-state index contributed by atoms with van der Waals surface area (Å²) in [4.78, 5) is 24.8. The van der Waals surface area contributed by atoms with Crippen LogP contribution in [0.25, 0.3) is 27.4 Å². The number of fused-ring (bicyclic) bond motifs is 3. The second-order valence-corrected chi connectivity index (χ2v) is 6.18. The van der Waals surface area contributed by atoms with Gasteiger partial charge in [-0.05, 0) is 37.6 Å². The number of carbonyl (C=O) groups excluding carboxylic acids is 2. The number of benzene rings is 2. The monoisotopic (exact) mass is 334 g/mol. The van der Waals surface area contributed by atoms with Crippen LogP contribution in [0.2, 0.25) is 0 Å². The van der Waals surface area contributed by atoms with Crippen LogP contribution < -0.4 is 0 Å². The first-order valence-electron chi connectivity index (χ1n) is 8.25. The average Bonchev–Trinajstić information content (AvgIpc) is 3.09. The molecule has 2 amide bonds. The number of imide groups is 1. The summed E-state index contributed by atoms with van der Waals surface area (Å²) in [5.74, 6) is -0.301. The number of aryl methyl sites for hydroxylation is 1. The van der Waals surface area contributed by atoms with Gasteiger partial charge < -0.3 is 9.30 Å². The van der Waals surface area contributed by atoms with Gasteiger partial charge in [0.2, 0.25) is 5.76 Å². The Kier molecular flexibility index (Phi) is 3.39. The minimum atomic E-state index is -0.636. The summed E-state index contributed by atoms with van der Waals surface area (Å²) >= 11 is 0. The highest BCUT2D eigenvalue weighted by Gasteiger charge is 2.35. The van der Waals surface area contributed by atoms with Crippen LogP contribution in [0.3, 0.4) is 0 Å². The van der Waals surface area contributed by atoms with Gasteiger partial charge in [-0.1, -0.05) is 24.3 Å². The summed E-state index contributed by atoms with van der Waals surface area (Å²) in [5, 5.41) is 2.30. The molecule has 2 heterocycles. The summed E-state index contributed by atoms with van der Waals surface area (Å²) in [6, 6.07) is 14.4. The van der Waals surface area contributed by atoms with E-state index in [4.69, 9.17) is 4.74 Å². The van der Waals surface area contributed by atoms with Crippen molar-refractivity contribution in [1.29, 1.82) is 0 Å². The lowest BCUT2D eigenvalue weighted by Crippen LogP contribution is -2.23. The van der Waals surface area contributed by atoms with Crippen LogP contribution >= 0.6 is 0 Å². The van der Waals surface area contributed by atoms with Crippen molar-refractivity contribution in [2.45, 2.75) is 20.4 Å². The molecule has 2 aromatic carbocycles. The Morgan fingerprint density at radius 2 is 1.76 bits per heavy atom. The Bertz CT molecular complexity index is 1080. The van der Waals surface area contributed by atoms with Crippen LogP contribution in [-0.2, 0) is 16.1 Å². The number of aromatic nitrogens is 1. The van der Waals surface area contributed by atoms with Crippen molar-refractivity contribution >= 4 is 39.4 Å². The zero-order chi connectivity index (χ0) is 17.7. The number of nitrogens with zero attached hydrogens (tertiary/aromatic N) is 2. The van der Waals surface area contributed by atoms with Crippen LogP contribution in [0, 0.1) is 0 Å². The normalized spacial score (nSPS) is 16.8. The lowest BCUT2D eigenvalue weighted by molar-refractivity contribution is -0.122. The third-order valence-electron chi connectivity index (χ3n) is 4.82. The van der Waals surface area contributed by atoms with Crippen molar-refractivity contribution in [3.05, 3.63) is 53.8 Å². The molecule has 0 spiro atoms. The third kappa shape index (κ3) is 2.16. The van der Waals surface area contributed by atoms with Gasteiger partial charge in [-0.2, -0.15) is 0 Å². The van der Waals surface area contributed by atoms with E-state index in [-0.39, 0.29) is 5.76 Å². The van der Waals surface area contributed by atoms with Crippen LogP contribution in [-0.4, -0.2) is 28.5 Å². The van der Waals surface area contributed by atoms with Crippen LogP contribution in [0.5, 0.6) is 0 Å². The van der Waals surface area contributed by atoms with E-state index in [0.717, 1.165) is 27.9 Å². The van der Waals surface area contributed by atoms with E-state index in [1.165, 1.54) is 18.0 Å². The molecule has 1 aromatic heterocycles. The topological polar surface area (TPSA) is 51.5 Å². The van der Waals surface area contributed by atoms with Gasteiger partial charge in [0, 0.05) is 41.0 Å².